The van der Waals surface area contributed by atoms with Gasteiger partial charge in [-0.05, 0) is 12.5 Å². The zero-order chi connectivity index (χ0) is 14.3. The average molecular weight is 350 g/mol. The maximum atomic E-state index is 6.27. The maximum absolute atomic E-state index is 6.27. The number of hydrogen-bond donors (Lipinski definition) is 0. The van der Waals surface area contributed by atoms with Crippen LogP contribution in [0.1, 0.15) is 49.4 Å². The summed E-state index contributed by atoms with van der Waals surface area (Å²) in [6, 6.07) is 3.91. The van der Waals surface area contributed by atoms with Gasteiger partial charge >= 0.3 is 0 Å². The zero-order valence-corrected chi connectivity index (χ0v) is 14.2. The van der Waals surface area contributed by atoms with Crippen LogP contribution in [0, 0.1) is 0 Å². The van der Waals surface area contributed by atoms with Crippen molar-refractivity contribution >= 4 is 27.5 Å². The molecule has 1 atom stereocenters. The summed E-state index contributed by atoms with van der Waals surface area (Å²) >= 11 is 10.0. The van der Waals surface area contributed by atoms with Gasteiger partial charge in [0.05, 0.1) is 14.2 Å². The Kier molecular flexibility index (Phi) is 7.62. The second-order valence-corrected chi connectivity index (χ2v) is 6.00. The third kappa shape index (κ3) is 4.57. The Hall–Kier alpha value is -0.410. The molecule has 0 aromatic heterocycles. The molecule has 1 unspecified atom stereocenters. The van der Waals surface area contributed by atoms with E-state index in [-0.39, 0.29) is 4.83 Å². The fourth-order valence-corrected chi connectivity index (χ4v) is 3.08. The molecule has 0 amide bonds. The van der Waals surface area contributed by atoms with Gasteiger partial charge in [0.1, 0.15) is 16.5 Å². The molecular formula is C15H22BrClO2. The lowest BCUT2D eigenvalue weighted by Gasteiger charge is -2.17. The van der Waals surface area contributed by atoms with Crippen molar-refractivity contribution in [2.75, 3.05) is 14.2 Å². The van der Waals surface area contributed by atoms with E-state index in [1.807, 2.05) is 12.1 Å². The van der Waals surface area contributed by atoms with Gasteiger partial charge in [-0.1, -0.05) is 66.2 Å². The molecule has 0 saturated carbocycles. The summed E-state index contributed by atoms with van der Waals surface area (Å²) in [4.78, 5) is 0.266. The van der Waals surface area contributed by atoms with Crippen molar-refractivity contribution in [3.05, 3.63) is 22.7 Å². The monoisotopic (exact) mass is 348 g/mol. The van der Waals surface area contributed by atoms with Gasteiger partial charge in [-0.3, -0.25) is 0 Å². The van der Waals surface area contributed by atoms with Crippen molar-refractivity contribution in [1.82, 2.24) is 0 Å². The standard InChI is InChI=1S/C15H22BrClO2/c1-4-5-6-7-8-12(16)11-9-10-13(18-2)14(17)15(11)19-3/h9-10,12H,4-8H2,1-3H3. The second-order valence-electron chi connectivity index (χ2n) is 4.52. The molecule has 19 heavy (non-hydrogen) atoms. The van der Waals surface area contributed by atoms with Crippen molar-refractivity contribution in [1.29, 1.82) is 0 Å². The molecule has 0 bridgehead atoms. The molecule has 108 valence electrons. The summed E-state index contributed by atoms with van der Waals surface area (Å²) in [5.41, 5.74) is 1.09. The smallest absolute Gasteiger partial charge is 0.145 e. The zero-order valence-electron chi connectivity index (χ0n) is 11.8. The Morgan fingerprint density at radius 1 is 1.16 bits per heavy atom. The van der Waals surface area contributed by atoms with E-state index in [9.17, 15) is 0 Å². The second kappa shape index (κ2) is 8.70. The fraction of sp³-hybridized carbons (Fsp3) is 0.600. The molecule has 0 heterocycles. The number of unbranched alkanes of at least 4 members (excludes halogenated alkanes) is 3. The molecule has 0 aliphatic carbocycles. The third-order valence-corrected chi connectivity index (χ3v) is 4.47. The van der Waals surface area contributed by atoms with Crippen LogP contribution in [-0.2, 0) is 0 Å². The van der Waals surface area contributed by atoms with E-state index in [1.54, 1.807) is 14.2 Å². The van der Waals surface area contributed by atoms with Gasteiger partial charge in [0.15, 0.2) is 0 Å². The number of alkyl halides is 1. The van der Waals surface area contributed by atoms with Crippen molar-refractivity contribution < 1.29 is 9.47 Å². The fourth-order valence-electron chi connectivity index (χ4n) is 2.07. The van der Waals surface area contributed by atoms with Crippen LogP contribution in [-0.4, -0.2) is 14.2 Å². The molecule has 1 rings (SSSR count). The predicted octanol–water partition coefficient (Wildman–Crippen LogP) is 5.76. The molecule has 1 aromatic carbocycles. The Bertz CT molecular complexity index is 396. The number of benzene rings is 1. The normalized spacial score (nSPS) is 12.3. The van der Waals surface area contributed by atoms with Gasteiger partial charge in [0.2, 0.25) is 0 Å². The van der Waals surface area contributed by atoms with Gasteiger partial charge in [0, 0.05) is 10.4 Å². The van der Waals surface area contributed by atoms with Crippen LogP contribution >= 0.6 is 27.5 Å². The molecule has 1 aromatic rings. The first-order valence-electron chi connectivity index (χ1n) is 6.70. The number of halogens is 2. The van der Waals surface area contributed by atoms with Crippen LogP contribution in [0.15, 0.2) is 12.1 Å². The van der Waals surface area contributed by atoms with Gasteiger partial charge in [-0.15, -0.1) is 0 Å². The third-order valence-electron chi connectivity index (χ3n) is 3.16. The minimum atomic E-state index is 0.266. The Morgan fingerprint density at radius 2 is 1.89 bits per heavy atom. The Labute approximate surface area is 129 Å². The van der Waals surface area contributed by atoms with Gasteiger partial charge < -0.3 is 9.47 Å². The molecule has 0 spiro atoms. The largest absolute Gasteiger partial charge is 0.495 e. The minimum absolute atomic E-state index is 0.266. The maximum Gasteiger partial charge on any atom is 0.145 e. The van der Waals surface area contributed by atoms with Gasteiger partial charge in [-0.25, -0.2) is 0 Å². The highest BCUT2D eigenvalue weighted by atomic mass is 79.9. The van der Waals surface area contributed by atoms with Crippen LogP contribution in [0.2, 0.25) is 5.02 Å². The molecule has 0 radical (unpaired) electrons. The minimum Gasteiger partial charge on any atom is -0.495 e. The first-order chi connectivity index (χ1) is 9.15. The van der Waals surface area contributed by atoms with Crippen LogP contribution < -0.4 is 9.47 Å². The number of hydrogen-bond acceptors (Lipinski definition) is 2. The summed E-state index contributed by atoms with van der Waals surface area (Å²) in [6.45, 7) is 2.22. The molecule has 0 N–H and O–H groups in total. The summed E-state index contributed by atoms with van der Waals surface area (Å²) in [5, 5.41) is 0.542. The lowest BCUT2D eigenvalue weighted by atomic mass is 10.0. The van der Waals surface area contributed by atoms with Crippen molar-refractivity contribution in [3.63, 3.8) is 0 Å². The molecule has 0 saturated heterocycles. The van der Waals surface area contributed by atoms with Crippen LogP contribution in [0.25, 0.3) is 0 Å². The lowest BCUT2D eigenvalue weighted by Crippen LogP contribution is -1.98. The summed E-state index contributed by atoms with van der Waals surface area (Å²) in [7, 11) is 3.25. The summed E-state index contributed by atoms with van der Waals surface area (Å²) in [5.74, 6) is 1.35. The quantitative estimate of drug-likeness (QED) is 0.438. The van der Waals surface area contributed by atoms with Crippen molar-refractivity contribution in [2.45, 2.75) is 43.9 Å². The van der Waals surface area contributed by atoms with Crippen molar-refractivity contribution in [2.24, 2.45) is 0 Å². The van der Waals surface area contributed by atoms with Gasteiger partial charge in [-0.2, -0.15) is 0 Å². The summed E-state index contributed by atoms with van der Waals surface area (Å²) < 4.78 is 10.6. The van der Waals surface area contributed by atoms with Crippen LogP contribution in [0.3, 0.4) is 0 Å². The van der Waals surface area contributed by atoms with Crippen LogP contribution in [0.4, 0.5) is 0 Å². The first-order valence-corrected chi connectivity index (χ1v) is 7.99. The van der Waals surface area contributed by atoms with E-state index in [0.717, 1.165) is 12.0 Å². The van der Waals surface area contributed by atoms with E-state index < -0.39 is 0 Å². The summed E-state index contributed by atoms with van der Waals surface area (Å²) in [6.07, 6.45) is 6.10. The molecule has 0 aliphatic rings. The van der Waals surface area contributed by atoms with E-state index in [0.29, 0.717) is 16.5 Å². The SMILES string of the molecule is CCCCCCC(Br)c1ccc(OC)c(Cl)c1OC. The molecule has 0 aliphatic heterocycles. The highest BCUT2D eigenvalue weighted by molar-refractivity contribution is 9.09. The number of methoxy groups -OCH3 is 2. The number of ether oxygens (including phenoxy) is 2. The van der Waals surface area contributed by atoms with E-state index in [1.165, 1.54) is 25.7 Å². The first kappa shape index (κ1) is 16.6. The Morgan fingerprint density at radius 3 is 2.47 bits per heavy atom. The van der Waals surface area contributed by atoms with Crippen molar-refractivity contribution in [3.8, 4) is 11.5 Å². The topological polar surface area (TPSA) is 18.5 Å². The van der Waals surface area contributed by atoms with Crippen LogP contribution in [0.5, 0.6) is 11.5 Å². The van der Waals surface area contributed by atoms with E-state index in [2.05, 4.69) is 22.9 Å². The highest BCUT2D eigenvalue weighted by Gasteiger charge is 2.18. The van der Waals surface area contributed by atoms with E-state index in [4.69, 9.17) is 21.1 Å². The lowest BCUT2D eigenvalue weighted by molar-refractivity contribution is 0.391. The Balaban J connectivity index is 2.78. The van der Waals surface area contributed by atoms with E-state index >= 15 is 0 Å². The highest BCUT2D eigenvalue weighted by Crippen LogP contribution is 2.43. The molecule has 2 nitrogen and oxygen atoms in total. The molecule has 0 fully saturated rings. The molecular weight excluding hydrogens is 328 g/mol. The average Bonchev–Trinajstić information content (AvgIpc) is 2.43. The predicted molar refractivity (Wildman–Crippen MR) is 85.0 cm³/mol. The molecule has 4 heteroatoms. The number of rotatable bonds is 8. The van der Waals surface area contributed by atoms with Gasteiger partial charge in [0.25, 0.3) is 0 Å².